The number of carbonyl (C=O) groups is 2. The number of thiophene rings is 1. The predicted molar refractivity (Wildman–Crippen MR) is 178 cm³/mol. The lowest BCUT2D eigenvalue weighted by Crippen LogP contribution is -2.58. The number of aliphatic hydroxyl groups excluding tert-OH is 1. The molecule has 8 heteroatoms. The summed E-state index contributed by atoms with van der Waals surface area (Å²) >= 11 is 8.73. The van der Waals surface area contributed by atoms with Crippen LogP contribution in [0, 0.1) is 17.8 Å². The van der Waals surface area contributed by atoms with Gasteiger partial charge >= 0.3 is 0 Å². The minimum Gasteiger partial charge on any atom is -0.392 e. The van der Waals surface area contributed by atoms with Crippen LogP contribution >= 0.6 is 22.9 Å². The lowest BCUT2D eigenvalue weighted by molar-refractivity contribution is -0.138. The minimum atomic E-state index is -0.438. The Morgan fingerprint density at radius 2 is 1.53 bits per heavy atom. The van der Waals surface area contributed by atoms with Crippen molar-refractivity contribution in [3.8, 4) is 0 Å². The van der Waals surface area contributed by atoms with Gasteiger partial charge in [0.15, 0.2) is 0 Å². The Balaban J connectivity index is 1.26. The number of hydrogen-bond donors (Lipinski definition) is 1. The first-order valence-corrected chi connectivity index (χ1v) is 17.1. The molecule has 0 saturated carbocycles. The molecule has 0 radical (unpaired) electrons. The summed E-state index contributed by atoms with van der Waals surface area (Å²) in [5, 5.41) is 11.5. The number of benzene rings is 3. The summed E-state index contributed by atoms with van der Waals surface area (Å²) in [4.78, 5) is 35.0. The summed E-state index contributed by atoms with van der Waals surface area (Å²) in [5.41, 5.74) is 5.42. The van der Waals surface area contributed by atoms with Crippen LogP contribution in [0.3, 0.4) is 0 Å². The molecule has 1 aliphatic carbocycles. The smallest absolute Gasteiger partial charge is 0.234 e. The van der Waals surface area contributed by atoms with E-state index in [-0.39, 0.29) is 36.4 Å². The third-order valence-corrected chi connectivity index (χ3v) is 12.2. The van der Waals surface area contributed by atoms with Crippen LogP contribution in [0.5, 0.6) is 0 Å². The molecular formula is C37H36ClN3O3S. The summed E-state index contributed by atoms with van der Waals surface area (Å²) in [6.45, 7) is 3.80. The number of aliphatic hydroxyl groups is 1. The SMILES string of the molecule is CN1C(=O)C2C(C1=O)C1C=C(c3ccc(CO)cc3)C2C(c2ccc(CN3CCCC3)cc2)N1Cc1sc2ccccc2c1Cl. The van der Waals surface area contributed by atoms with Crippen molar-refractivity contribution in [3.05, 3.63) is 111 Å². The summed E-state index contributed by atoms with van der Waals surface area (Å²) in [7, 11) is 1.63. The van der Waals surface area contributed by atoms with Gasteiger partial charge in [0.25, 0.3) is 0 Å². The molecule has 3 fully saturated rings. The Bertz CT molecular complexity index is 1810. The summed E-state index contributed by atoms with van der Waals surface area (Å²) in [6, 6.07) is 24.8. The topological polar surface area (TPSA) is 64.1 Å². The van der Waals surface area contributed by atoms with E-state index in [0.29, 0.717) is 6.54 Å². The molecular weight excluding hydrogens is 602 g/mol. The number of piperidine rings is 1. The van der Waals surface area contributed by atoms with Crippen molar-refractivity contribution in [2.75, 3.05) is 20.1 Å². The van der Waals surface area contributed by atoms with E-state index in [4.69, 9.17) is 11.6 Å². The molecule has 4 aliphatic heterocycles. The third-order valence-electron chi connectivity index (χ3n) is 10.5. The first kappa shape index (κ1) is 29.1. The fourth-order valence-corrected chi connectivity index (χ4v) is 9.80. The molecule has 5 heterocycles. The molecule has 1 N–H and O–H groups in total. The summed E-state index contributed by atoms with van der Waals surface area (Å²) in [6.07, 6.45) is 4.76. The van der Waals surface area contributed by atoms with Gasteiger partial charge in [-0.05, 0) is 59.8 Å². The van der Waals surface area contributed by atoms with E-state index in [1.807, 2.05) is 36.4 Å². The molecule has 45 heavy (non-hydrogen) atoms. The lowest BCUT2D eigenvalue weighted by atomic mass is 9.60. The number of likely N-dealkylation sites (tertiary alicyclic amines) is 2. The normalized spacial score (nSPS) is 26.7. The van der Waals surface area contributed by atoms with Gasteiger partial charge in [-0.2, -0.15) is 0 Å². The van der Waals surface area contributed by atoms with Crippen molar-refractivity contribution in [1.29, 1.82) is 0 Å². The molecule has 3 aromatic carbocycles. The van der Waals surface area contributed by atoms with Crippen LogP contribution in [0.4, 0.5) is 0 Å². The van der Waals surface area contributed by atoms with Gasteiger partial charge < -0.3 is 5.11 Å². The Morgan fingerprint density at radius 1 is 0.844 bits per heavy atom. The molecule has 5 unspecified atom stereocenters. The van der Waals surface area contributed by atoms with Crippen LogP contribution in [-0.2, 0) is 29.3 Å². The van der Waals surface area contributed by atoms with Gasteiger partial charge in [0, 0.05) is 53.1 Å². The Hall–Kier alpha value is -3.33. The Labute approximate surface area is 272 Å². The maximum absolute atomic E-state index is 13.9. The fourth-order valence-electron chi connectivity index (χ4n) is 8.30. The number of hydrogen-bond acceptors (Lipinski definition) is 6. The van der Waals surface area contributed by atoms with Crippen LogP contribution in [-0.4, -0.2) is 57.8 Å². The second kappa shape index (κ2) is 11.5. The van der Waals surface area contributed by atoms with E-state index in [0.717, 1.165) is 61.9 Å². The van der Waals surface area contributed by atoms with E-state index in [9.17, 15) is 14.7 Å². The van der Waals surface area contributed by atoms with Crippen LogP contribution in [0.2, 0.25) is 5.02 Å². The highest BCUT2D eigenvalue weighted by Crippen LogP contribution is 2.59. The van der Waals surface area contributed by atoms with Crippen LogP contribution < -0.4 is 0 Å². The van der Waals surface area contributed by atoms with Crippen molar-refractivity contribution in [3.63, 3.8) is 0 Å². The van der Waals surface area contributed by atoms with E-state index < -0.39 is 11.8 Å². The zero-order chi connectivity index (χ0) is 30.8. The molecule has 2 amide bonds. The Kier molecular flexibility index (Phi) is 7.42. The van der Waals surface area contributed by atoms with Crippen LogP contribution in [0.25, 0.3) is 15.7 Å². The minimum absolute atomic E-state index is 0.0238. The van der Waals surface area contributed by atoms with Gasteiger partial charge in [-0.15, -0.1) is 11.3 Å². The summed E-state index contributed by atoms with van der Waals surface area (Å²) in [5.74, 6) is -1.29. The zero-order valence-electron chi connectivity index (χ0n) is 25.2. The fraction of sp³-hybridized carbons (Fsp3) is 0.351. The van der Waals surface area contributed by atoms with Gasteiger partial charge in [0.05, 0.1) is 23.5 Å². The lowest BCUT2D eigenvalue weighted by Gasteiger charge is -2.55. The van der Waals surface area contributed by atoms with E-state index in [2.05, 4.69) is 52.3 Å². The average molecular weight is 638 g/mol. The number of rotatable bonds is 7. The van der Waals surface area contributed by atoms with Crippen molar-refractivity contribution < 1.29 is 14.7 Å². The predicted octanol–water partition coefficient (Wildman–Crippen LogP) is 6.51. The standard InChI is InChI=1S/C37H36ClN3O3S/c1-39-36(43)32-28-18-27(24-12-10-23(21-42)11-13-24)31(33(32)37(39)44)35(25-14-8-22(9-15-25)19-40-16-4-5-17-40)41(28)20-30-34(38)26-6-2-3-7-29(26)45-30/h2-3,6-15,18,28,31-33,35,42H,4-5,16-17,19-21H2,1H3. The van der Waals surface area contributed by atoms with Gasteiger partial charge in [-0.3, -0.25) is 24.3 Å². The second-order valence-corrected chi connectivity index (χ2v) is 14.5. The maximum atomic E-state index is 13.9. The molecule has 230 valence electrons. The van der Waals surface area contributed by atoms with E-state index in [1.165, 1.54) is 23.3 Å². The Morgan fingerprint density at radius 3 is 2.24 bits per heavy atom. The first-order valence-electron chi connectivity index (χ1n) is 15.9. The molecule has 0 spiro atoms. The second-order valence-electron chi connectivity index (χ2n) is 13.0. The molecule has 3 saturated heterocycles. The molecule has 5 atom stereocenters. The highest BCUT2D eigenvalue weighted by Gasteiger charge is 2.63. The molecule has 4 aromatic rings. The van der Waals surface area contributed by atoms with Gasteiger partial charge in [0.2, 0.25) is 11.8 Å². The van der Waals surface area contributed by atoms with Gasteiger partial charge in [-0.25, -0.2) is 0 Å². The van der Waals surface area contributed by atoms with Crippen LogP contribution in [0.1, 0.15) is 46.0 Å². The third kappa shape index (κ3) is 4.79. The van der Waals surface area contributed by atoms with Crippen molar-refractivity contribution in [1.82, 2.24) is 14.7 Å². The number of fused-ring (bicyclic) bond motifs is 2. The van der Waals surface area contributed by atoms with Gasteiger partial charge in [0.1, 0.15) is 0 Å². The number of nitrogens with zero attached hydrogens (tertiary/aromatic N) is 3. The first-order chi connectivity index (χ1) is 21.9. The number of carbonyl (C=O) groups excluding carboxylic acids is 2. The molecule has 2 bridgehead atoms. The maximum Gasteiger partial charge on any atom is 0.234 e. The largest absolute Gasteiger partial charge is 0.392 e. The molecule has 6 nitrogen and oxygen atoms in total. The summed E-state index contributed by atoms with van der Waals surface area (Å²) < 4.78 is 1.15. The number of halogens is 1. The molecule has 1 aromatic heterocycles. The molecule has 5 aliphatic rings. The quantitative estimate of drug-likeness (QED) is 0.234. The van der Waals surface area contributed by atoms with Crippen LogP contribution in [0.15, 0.2) is 78.9 Å². The van der Waals surface area contributed by atoms with Crippen molar-refractivity contribution in [2.45, 2.75) is 44.6 Å². The number of imide groups is 1. The van der Waals surface area contributed by atoms with Gasteiger partial charge in [-0.1, -0.05) is 84.4 Å². The highest BCUT2D eigenvalue weighted by molar-refractivity contribution is 7.19. The monoisotopic (exact) mass is 637 g/mol. The van der Waals surface area contributed by atoms with E-state index in [1.54, 1.807) is 18.4 Å². The number of amides is 2. The average Bonchev–Trinajstić information content (AvgIpc) is 3.76. The molecule has 9 rings (SSSR count). The van der Waals surface area contributed by atoms with E-state index >= 15 is 0 Å². The van der Waals surface area contributed by atoms with Crippen molar-refractivity contribution >= 4 is 50.4 Å². The highest BCUT2D eigenvalue weighted by atomic mass is 35.5. The zero-order valence-corrected chi connectivity index (χ0v) is 26.8. The van der Waals surface area contributed by atoms with Crippen molar-refractivity contribution in [2.24, 2.45) is 17.8 Å².